The van der Waals surface area contributed by atoms with Crippen LogP contribution in [-0.4, -0.2) is 17.1 Å². The number of para-hydroxylation sites is 1. The molecule has 0 spiro atoms. The van der Waals surface area contributed by atoms with Gasteiger partial charge in [-0.15, -0.1) is 0 Å². The smallest absolute Gasteiger partial charge is 0.283 e. The van der Waals surface area contributed by atoms with E-state index in [1.807, 2.05) is 6.92 Å². The van der Waals surface area contributed by atoms with E-state index in [0.29, 0.717) is 38.5 Å². The number of nitrogens with two attached hydrogens (primary N) is 1. The van der Waals surface area contributed by atoms with Crippen LogP contribution >= 0.6 is 22.9 Å². The number of carbonyl (C=O) groups excluding carboxylic acids is 1. The maximum Gasteiger partial charge on any atom is 0.283 e. The van der Waals surface area contributed by atoms with Gasteiger partial charge in [-0.3, -0.25) is 4.79 Å². The second kappa shape index (κ2) is 9.49. The average Bonchev–Trinajstić information content (AvgIpc) is 3.09. The van der Waals surface area contributed by atoms with E-state index >= 15 is 0 Å². The van der Waals surface area contributed by atoms with Crippen LogP contribution in [0.15, 0.2) is 47.6 Å². The Hall–Kier alpha value is -2.97. The number of ether oxygens (including phenoxy) is 1. The highest BCUT2D eigenvalue weighted by molar-refractivity contribution is 7.17. The molecule has 29 heavy (non-hydrogen) atoms. The van der Waals surface area contributed by atoms with Crippen molar-refractivity contribution in [2.24, 2.45) is 5.10 Å². The summed E-state index contributed by atoms with van der Waals surface area (Å²) in [5.74, 6) is -0.351. The Kier molecular flexibility index (Phi) is 6.79. The molecule has 0 fully saturated rings. The standard InChI is InChI=1S/C20H18ClFN4O2S/c1-2-16-18(29-20(23)25-16)19(27)26-24-10-12-6-3-4-9-17(12)28-11-13-14(21)7-5-8-15(13)22/h3-10H,2,11H2,1H3,(H2,23,25)(H,26,27)/b24-10+. The predicted molar refractivity (Wildman–Crippen MR) is 113 cm³/mol. The van der Waals surface area contributed by atoms with Gasteiger partial charge in [0.25, 0.3) is 5.91 Å². The average molecular weight is 433 g/mol. The number of carbonyl (C=O) groups is 1. The normalized spacial score (nSPS) is 11.0. The third-order valence-electron chi connectivity index (χ3n) is 3.98. The number of halogens is 2. The first kappa shape index (κ1) is 20.8. The van der Waals surface area contributed by atoms with Crippen molar-refractivity contribution >= 4 is 40.2 Å². The molecular weight excluding hydrogens is 415 g/mol. The fraction of sp³-hybridized carbons (Fsp3) is 0.150. The van der Waals surface area contributed by atoms with Crippen molar-refractivity contribution in [1.29, 1.82) is 0 Å². The first-order valence-corrected chi connectivity index (χ1v) is 9.92. The van der Waals surface area contributed by atoms with Crippen LogP contribution in [0, 0.1) is 5.82 Å². The van der Waals surface area contributed by atoms with Crippen molar-refractivity contribution < 1.29 is 13.9 Å². The number of nitrogen functional groups attached to an aromatic ring is 1. The third-order valence-corrected chi connectivity index (χ3v) is 5.26. The SMILES string of the molecule is CCc1nc(N)sc1C(=O)N/N=C/c1ccccc1OCc1c(F)cccc1Cl. The summed E-state index contributed by atoms with van der Waals surface area (Å²) in [7, 11) is 0. The van der Waals surface area contributed by atoms with E-state index in [1.54, 1.807) is 30.3 Å². The molecule has 0 bridgehead atoms. The summed E-state index contributed by atoms with van der Waals surface area (Å²) in [6, 6.07) is 11.5. The number of aromatic nitrogens is 1. The quantitative estimate of drug-likeness (QED) is 0.427. The molecule has 0 aliphatic carbocycles. The van der Waals surface area contributed by atoms with Crippen molar-refractivity contribution in [2.45, 2.75) is 20.0 Å². The molecule has 0 saturated carbocycles. The van der Waals surface area contributed by atoms with Crippen molar-refractivity contribution in [1.82, 2.24) is 10.4 Å². The van der Waals surface area contributed by atoms with Crippen molar-refractivity contribution in [3.05, 3.63) is 75.0 Å². The number of amides is 1. The minimum absolute atomic E-state index is 0.0390. The fourth-order valence-electron chi connectivity index (χ4n) is 2.54. The van der Waals surface area contributed by atoms with Gasteiger partial charge >= 0.3 is 0 Å². The summed E-state index contributed by atoms with van der Waals surface area (Å²) in [5, 5.41) is 4.61. The third kappa shape index (κ3) is 5.10. The van der Waals surface area contributed by atoms with E-state index in [1.165, 1.54) is 18.3 Å². The van der Waals surface area contributed by atoms with Crippen LogP contribution in [0.1, 0.15) is 33.4 Å². The summed E-state index contributed by atoms with van der Waals surface area (Å²) in [4.78, 5) is 16.9. The van der Waals surface area contributed by atoms with Crippen molar-refractivity contribution in [3.63, 3.8) is 0 Å². The molecule has 150 valence electrons. The molecule has 0 atom stereocenters. The van der Waals surface area contributed by atoms with E-state index in [0.717, 1.165) is 11.3 Å². The molecule has 3 rings (SSSR count). The molecule has 3 aromatic rings. The predicted octanol–water partition coefficient (Wildman–Crippen LogP) is 4.42. The van der Waals surface area contributed by atoms with Gasteiger partial charge in [0, 0.05) is 11.1 Å². The number of hydrazone groups is 1. The number of nitrogens with zero attached hydrogens (tertiary/aromatic N) is 2. The zero-order chi connectivity index (χ0) is 20.8. The van der Waals surface area contributed by atoms with Crippen LogP contribution in [0.3, 0.4) is 0 Å². The molecule has 6 nitrogen and oxygen atoms in total. The Morgan fingerprint density at radius 3 is 2.90 bits per heavy atom. The van der Waals surface area contributed by atoms with Gasteiger partial charge in [0.05, 0.1) is 16.9 Å². The van der Waals surface area contributed by atoms with Crippen LogP contribution in [0.5, 0.6) is 5.75 Å². The molecule has 2 aromatic carbocycles. The van der Waals surface area contributed by atoms with Gasteiger partial charge in [0.1, 0.15) is 23.1 Å². The van der Waals surface area contributed by atoms with Gasteiger partial charge in [-0.2, -0.15) is 5.10 Å². The van der Waals surface area contributed by atoms with E-state index < -0.39 is 5.82 Å². The van der Waals surface area contributed by atoms with Gasteiger partial charge in [0.2, 0.25) is 0 Å². The second-order valence-corrected chi connectivity index (χ2v) is 7.35. The molecule has 0 radical (unpaired) electrons. The van der Waals surface area contributed by atoms with Crippen LogP contribution in [0.4, 0.5) is 9.52 Å². The van der Waals surface area contributed by atoms with Crippen molar-refractivity contribution in [2.75, 3.05) is 5.73 Å². The Morgan fingerprint density at radius 2 is 2.14 bits per heavy atom. The number of nitrogens with one attached hydrogen (secondary N) is 1. The summed E-state index contributed by atoms with van der Waals surface area (Å²) in [6.45, 7) is 1.85. The zero-order valence-corrected chi connectivity index (χ0v) is 17.1. The van der Waals surface area contributed by atoms with Crippen molar-refractivity contribution in [3.8, 4) is 5.75 Å². The lowest BCUT2D eigenvalue weighted by Gasteiger charge is -2.10. The maximum atomic E-state index is 13.9. The minimum Gasteiger partial charge on any atom is -0.488 e. The summed E-state index contributed by atoms with van der Waals surface area (Å²) >= 11 is 7.14. The van der Waals surface area contributed by atoms with E-state index in [2.05, 4.69) is 15.5 Å². The molecule has 1 aromatic heterocycles. The molecule has 0 saturated heterocycles. The van der Waals surface area contributed by atoms with Gasteiger partial charge in [-0.25, -0.2) is 14.8 Å². The molecular formula is C20H18ClFN4O2S. The Morgan fingerprint density at radius 1 is 1.34 bits per heavy atom. The van der Waals surface area contributed by atoms with Gasteiger partial charge < -0.3 is 10.5 Å². The minimum atomic E-state index is -0.438. The highest BCUT2D eigenvalue weighted by Crippen LogP contribution is 2.23. The number of thiazole rings is 1. The van der Waals surface area contributed by atoms with Crippen LogP contribution in [0.2, 0.25) is 5.02 Å². The lowest BCUT2D eigenvalue weighted by atomic mass is 10.2. The van der Waals surface area contributed by atoms with E-state index in [4.69, 9.17) is 22.1 Å². The first-order chi connectivity index (χ1) is 14.0. The number of anilines is 1. The van der Waals surface area contributed by atoms with Gasteiger partial charge in [0.15, 0.2) is 5.13 Å². The van der Waals surface area contributed by atoms with Gasteiger partial charge in [-0.05, 0) is 30.7 Å². The van der Waals surface area contributed by atoms with Crippen LogP contribution in [0.25, 0.3) is 0 Å². The summed E-state index contributed by atoms with van der Waals surface area (Å²) < 4.78 is 19.6. The topological polar surface area (TPSA) is 89.6 Å². The molecule has 3 N–H and O–H groups in total. The van der Waals surface area contributed by atoms with E-state index in [9.17, 15) is 9.18 Å². The second-order valence-electron chi connectivity index (χ2n) is 5.91. The molecule has 9 heteroatoms. The van der Waals surface area contributed by atoms with Crippen LogP contribution in [-0.2, 0) is 13.0 Å². The Balaban J connectivity index is 1.69. The lowest BCUT2D eigenvalue weighted by molar-refractivity contribution is 0.0958. The molecule has 1 heterocycles. The zero-order valence-electron chi connectivity index (χ0n) is 15.5. The molecule has 1 amide bonds. The van der Waals surface area contributed by atoms with E-state index in [-0.39, 0.29) is 18.1 Å². The first-order valence-electron chi connectivity index (χ1n) is 8.73. The molecule has 0 unspecified atom stereocenters. The monoisotopic (exact) mass is 432 g/mol. The lowest BCUT2D eigenvalue weighted by Crippen LogP contribution is -2.17. The Bertz CT molecular complexity index is 1030. The fourth-order valence-corrected chi connectivity index (χ4v) is 3.57. The van der Waals surface area contributed by atoms with Gasteiger partial charge in [-0.1, -0.05) is 48.1 Å². The largest absolute Gasteiger partial charge is 0.488 e. The number of hydrogen-bond acceptors (Lipinski definition) is 6. The molecule has 0 aliphatic rings. The highest BCUT2D eigenvalue weighted by atomic mass is 35.5. The number of aryl methyl sites for hydroxylation is 1. The summed E-state index contributed by atoms with van der Waals surface area (Å²) in [5.41, 5.74) is 9.64. The number of rotatable bonds is 7. The van der Waals surface area contributed by atoms with Crippen LogP contribution < -0.4 is 15.9 Å². The maximum absolute atomic E-state index is 13.9. The Labute approximate surface area is 176 Å². The molecule has 0 aliphatic heterocycles. The number of benzene rings is 2. The highest BCUT2D eigenvalue weighted by Gasteiger charge is 2.15. The number of hydrogen-bond donors (Lipinski definition) is 2. The summed E-state index contributed by atoms with van der Waals surface area (Å²) in [6.07, 6.45) is 2.04.